The van der Waals surface area contributed by atoms with Crippen molar-refractivity contribution in [3.05, 3.63) is 35.9 Å². The van der Waals surface area contributed by atoms with Crippen molar-refractivity contribution in [2.24, 2.45) is 0 Å². The van der Waals surface area contributed by atoms with Gasteiger partial charge in [0.05, 0.1) is 18.8 Å². The summed E-state index contributed by atoms with van der Waals surface area (Å²) in [5.41, 5.74) is 0.976. The molecular formula is C15H24N2O2. The van der Waals surface area contributed by atoms with Crippen molar-refractivity contribution in [3.8, 4) is 0 Å². The molecule has 0 radical (unpaired) electrons. The van der Waals surface area contributed by atoms with E-state index in [1.165, 1.54) is 0 Å². The van der Waals surface area contributed by atoms with E-state index >= 15 is 0 Å². The Morgan fingerprint density at radius 1 is 1.21 bits per heavy atom. The number of carbonyl (C=O) groups is 1. The molecule has 4 heteroatoms. The monoisotopic (exact) mass is 264 g/mol. The summed E-state index contributed by atoms with van der Waals surface area (Å²) in [6.45, 7) is 8.21. The summed E-state index contributed by atoms with van der Waals surface area (Å²) < 4.78 is 5.55. The molecule has 106 valence electrons. The van der Waals surface area contributed by atoms with Gasteiger partial charge in [0.15, 0.2) is 0 Å². The van der Waals surface area contributed by atoms with E-state index in [0.717, 1.165) is 5.56 Å². The Bertz CT molecular complexity index is 371. The van der Waals surface area contributed by atoms with Crippen molar-refractivity contribution in [1.29, 1.82) is 0 Å². The molecule has 4 nitrogen and oxygen atoms in total. The average Bonchev–Trinajstić information content (AvgIpc) is 2.36. The van der Waals surface area contributed by atoms with Gasteiger partial charge in [-0.15, -0.1) is 0 Å². The van der Waals surface area contributed by atoms with E-state index in [9.17, 15) is 4.79 Å². The predicted octanol–water partition coefficient (Wildman–Crippen LogP) is 1.71. The molecule has 0 aromatic heterocycles. The van der Waals surface area contributed by atoms with E-state index in [1.807, 2.05) is 51.1 Å². The van der Waals surface area contributed by atoms with E-state index < -0.39 is 0 Å². The lowest BCUT2D eigenvalue weighted by molar-refractivity contribution is -0.120. The van der Waals surface area contributed by atoms with Gasteiger partial charge in [-0.3, -0.25) is 4.79 Å². The number of rotatable bonds is 7. The van der Waals surface area contributed by atoms with Gasteiger partial charge < -0.3 is 15.4 Å². The quantitative estimate of drug-likeness (QED) is 0.737. The maximum atomic E-state index is 11.6. The minimum Gasteiger partial charge on any atom is -0.375 e. The number of nitrogens with one attached hydrogen (secondary N) is 2. The molecule has 1 rings (SSSR count). The van der Waals surface area contributed by atoms with Crippen molar-refractivity contribution in [2.75, 3.05) is 19.7 Å². The summed E-state index contributed by atoms with van der Waals surface area (Å²) in [5.74, 6) is -0.000360. The van der Waals surface area contributed by atoms with Crippen LogP contribution in [0.15, 0.2) is 30.3 Å². The first-order valence-corrected chi connectivity index (χ1v) is 6.63. The lowest BCUT2D eigenvalue weighted by Crippen LogP contribution is -2.35. The number of ether oxygens (including phenoxy) is 1. The van der Waals surface area contributed by atoms with Crippen molar-refractivity contribution in [1.82, 2.24) is 10.6 Å². The number of hydrogen-bond acceptors (Lipinski definition) is 3. The molecule has 0 spiro atoms. The van der Waals surface area contributed by atoms with Gasteiger partial charge >= 0.3 is 0 Å². The number of hydrogen-bond donors (Lipinski definition) is 2. The topological polar surface area (TPSA) is 50.4 Å². The largest absolute Gasteiger partial charge is 0.375 e. The fourth-order valence-corrected chi connectivity index (χ4v) is 1.49. The van der Waals surface area contributed by atoms with Gasteiger partial charge in [-0.05, 0) is 26.3 Å². The Morgan fingerprint density at radius 3 is 2.53 bits per heavy atom. The highest BCUT2D eigenvalue weighted by Gasteiger charge is 2.09. The molecule has 0 saturated carbocycles. The molecule has 0 bridgehead atoms. The summed E-state index contributed by atoms with van der Waals surface area (Å²) >= 11 is 0. The summed E-state index contributed by atoms with van der Waals surface area (Å²) in [7, 11) is 0. The smallest absolute Gasteiger partial charge is 0.234 e. The Balaban J connectivity index is 2.06. The second-order valence-electron chi connectivity index (χ2n) is 5.40. The van der Waals surface area contributed by atoms with Crippen LogP contribution in [0.5, 0.6) is 0 Å². The second-order valence-corrected chi connectivity index (χ2v) is 5.40. The third kappa shape index (κ3) is 8.35. The molecule has 0 fully saturated rings. The molecule has 0 aliphatic heterocycles. The standard InChI is InChI=1S/C15H24N2O2/c1-15(2,3)19-10-9-16-12-14(18)17-11-13-7-5-4-6-8-13/h4-8,16H,9-12H2,1-3H3,(H,17,18). The van der Waals surface area contributed by atoms with Crippen molar-refractivity contribution in [2.45, 2.75) is 32.9 Å². The first kappa shape index (κ1) is 15.7. The second kappa shape index (κ2) is 7.92. The van der Waals surface area contributed by atoms with E-state index in [2.05, 4.69) is 10.6 Å². The molecule has 0 unspecified atom stereocenters. The van der Waals surface area contributed by atoms with Crippen LogP contribution in [0.3, 0.4) is 0 Å². The van der Waals surface area contributed by atoms with Crippen LogP contribution in [0.1, 0.15) is 26.3 Å². The normalized spacial score (nSPS) is 11.3. The van der Waals surface area contributed by atoms with Crippen molar-refractivity contribution >= 4 is 5.91 Å². The summed E-state index contributed by atoms with van der Waals surface area (Å²) in [5, 5.41) is 5.92. The zero-order valence-electron chi connectivity index (χ0n) is 12.0. The minimum atomic E-state index is -0.128. The fourth-order valence-electron chi connectivity index (χ4n) is 1.49. The Hall–Kier alpha value is -1.39. The third-order valence-electron chi connectivity index (χ3n) is 2.43. The van der Waals surface area contributed by atoms with Gasteiger partial charge in [-0.2, -0.15) is 0 Å². The Morgan fingerprint density at radius 2 is 1.89 bits per heavy atom. The van der Waals surface area contributed by atoms with Crippen LogP contribution in [0.4, 0.5) is 0 Å². The number of amides is 1. The fraction of sp³-hybridized carbons (Fsp3) is 0.533. The van der Waals surface area contributed by atoms with Crippen LogP contribution in [0, 0.1) is 0 Å². The van der Waals surface area contributed by atoms with E-state index in [1.54, 1.807) is 0 Å². The molecular weight excluding hydrogens is 240 g/mol. The van der Waals surface area contributed by atoms with E-state index in [-0.39, 0.29) is 11.5 Å². The molecule has 0 heterocycles. The predicted molar refractivity (Wildman–Crippen MR) is 76.9 cm³/mol. The first-order chi connectivity index (χ1) is 8.97. The van der Waals surface area contributed by atoms with Gasteiger partial charge in [0.1, 0.15) is 0 Å². The Labute approximate surface area is 115 Å². The third-order valence-corrected chi connectivity index (χ3v) is 2.43. The van der Waals surface area contributed by atoms with Crippen LogP contribution in [-0.4, -0.2) is 31.2 Å². The summed E-state index contributed by atoms with van der Waals surface area (Å²) in [4.78, 5) is 11.6. The lowest BCUT2D eigenvalue weighted by atomic mass is 10.2. The zero-order valence-corrected chi connectivity index (χ0v) is 12.0. The zero-order chi connectivity index (χ0) is 14.1. The molecule has 0 aliphatic rings. The molecule has 0 atom stereocenters. The maximum Gasteiger partial charge on any atom is 0.234 e. The highest BCUT2D eigenvalue weighted by molar-refractivity contribution is 5.77. The van der Waals surface area contributed by atoms with Gasteiger partial charge in [-0.1, -0.05) is 30.3 Å². The molecule has 2 N–H and O–H groups in total. The van der Waals surface area contributed by atoms with Crippen LogP contribution in [0.25, 0.3) is 0 Å². The van der Waals surface area contributed by atoms with Crippen LogP contribution in [-0.2, 0) is 16.1 Å². The van der Waals surface area contributed by atoms with Crippen LogP contribution >= 0.6 is 0 Å². The molecule has 1 aromatic carbocycles. The van der Waals surface area contributed by atoms with E-state index in [4.69, 9.17) is 4.74 Å². The number of benzene rings is 1. The van der Waals surface area contributed by atoms with Crippen LogP contribution in [0.2, 0.25) is 0 Å². The first-order valence-electron chi connectivity index (χ1n) is 6.63. The summed E-state index contributed by atoms with van der Waals surface area (Å²) in [6, 6.07) is 9.87. The average molecular weight is 264 g/mol. The van der Waals surface area contributed by atoms with E-state index in [0.29, 0.717) is 26.2 Å². The number of carbonyl (C=O) groups excluding carboxylic acids is 1. The van der Waals surface area contributed by atoms with Crippen molar-refractivity contribution < 1.29 is 9.53 Å². The highest BCUT2D eigenvalue weighted by atomic mass is 16.5. The minimum absolute atomic E-state index is 0.000360. The Kier molecular flexibility index (Phi) is 6.53. The maximum absolute atomic E-state index is 11.6. The SMILES string of the molecule is CC(C)(C)OCCNCC(=O)NCc1ccccc1. The molecule has 1 amide bonds. The van der Waals surface area contributed by atoms with Crippen LogP contribution < -0.4 is 10.6 Å². The highest BCUT2D eigenvalue weighted by Crippen LogP contribution is 2.04. The van der Waals surface area contributed by atoms with Crippen molar-refractivity contribution in [3.63, 3.8) is 0 Å². The lowest BCUT2D eigenvalue weighted by Gasteiger charge is -2.19. The van der Waals surface area contributed by atoms with Gasteiger partial charge in [-0.25, -0.2) is 0 Å². The van der Waals surface area contributed by atoms with Gasteiger partial charge in [0.2, 0.25) is 5.91 Å². The summed E-state index contributed by atoms with van der Waals surface area (Å²) in [6.07, 6.45) is 0. The molecule has 1 aromatic rings. The van der Waals surface area contributed by atoms with Gasteiger partial charge in [0.25, 0.3) is 0 Å². The molecule has 0 saturated heterocycles. The molecule has 19 heavy (non-hydrogen) atoms. The van der Waals surface area contributed by atoms with Gasteiger partial charge in [0, 0.05) is 13.1 Å². The molecule has 0 aliphatic carbocycles.